The van der Waals surface area contributed by atoms with Gasteiger partial charge in [-0.3, -0.25) is 0 Å². The standard InChI is InChI=1S/C12H17BrN2O2S/c1-9-3-4-12(11(13)7-9)18(16,17)15-6-5-14-8-10(15)2/h3-4,7,10,14H,5-6,8H2,1-2H3/t10-/m0/s1. The van der Waals surface area contributed by atoms with E-state index >= 15 is 0 Å². The van der Waals surface area contributed by atoms with Gasteiger partial charge in [0.15, 0.2) is 0 Å². The maximum atomic E-state index is 12.6. The zero-order valence-corrected chi connectivity index (χ0v) is 12.9. The molecule has 1 aromatic carbocycles. The Bertz CT molecular complexity index is 545. The molecule has 6 heteroatoms. The van der Waals surface area contributed by atoms with Crippen molar-refractivity contribution in [3.05, 3.63) is 28.2 Å². The van der Waals surface area contributed by atoms with Crippen LogP contribution in [0.25, 0.3) is 0 Å². The van der Waals surface area contributed by atoms with Gasteiger partial charge >= 0.3 is 0 Å². The topological polar surface area (TPSA) is 49.4 Å². The van der Waals surface area contributed by atoms with E-state index in [2.05, 4.69) is 21.2 Å². The minimum absolute atomic E-state index is 0.0167. The molecule has 1 saturated heterocycles. The smallest absolute Gasteiger partial charge is 0.244 e. The highest BCUT2D eigenvalue weighted by atomic mass is 79.9. The number of sulfonamides is 1. The first-order valence-electron chi connectivity index (χ1n) is 5.91. The summed E-state index contributed by atoms with van der Waals surface area (Å²) in [6.07, 6.45) is 0. The Hall–Kier alpha value is -0.430. The molecule has 0 saturated carbocycles. The molecule has 0 bridgehead atoms. The van der Waals surface area contributed by atoms with Gasteiger partial charge in [0.2, 0.25) is 10.0 Å². The molecule has 4 nitrogen and oxygen atoms in total. The lowest BCUT2D eigenvalue weighted by molar-refractivity contribution is 0.283. The van der Waals surface area contributed by atoms with E-state index in [9.17, 15) is 8.42 Å². The van der Waals surface area contributed by atoms with E-state index in [1.54, 1.807) is 10.4 Å². The van der Waals surface area contributed by atoms with Crippen LogP contribution in [0, 0.1) is 6.92 Å². The van der Waals surface area contributed by atoms with E-state index in [0.29, 0.717) is 29.0 Å². The fraction of sp³-hybridized carbons (Fsp3) is 0.500. The van der Waals surface area contributed by atoms with Crippen molar-refractivity contribution >= 4 is 26.0 Å². The molecule has 1 aliphatic rings. The maximum absolute atomic E-state index is 12.6. The van der Waals surface area contributed by atoms with Crippen LogP contribution in [0.5, 0.6) is 0 Å². The molecular weight excluding hydrogens is 316 g/mol. The average molecular weight is 333 g/mol. The molecule has 0 aromatic heterocycles. The fourth-order valence-corrected chi connectivity index (χ4v) is 4.91. The molecule has 1 heterocycles. The second-order valence-corrected chi connectivity index (χ2v) is 7.32. The van der Waals surface area contributed by atoms with Gasteiger partial charge in [0.05, 0.1) is 4.90 Å². The number of hydrogen-bond donors (Lipinski definition) is 1. The molecule has 18 heavy (non-hydrogen) atoms. The van der Waals surface area contributed by atoms with Gasteiger partial charge in [-0.2, -0.15) is 4.31 Å². The van der Waals surface area contributed by atoms with Crippen molar-refractivity contribution in [2.75, 3.05) is 19.6 Å². The first-order valence-corrected chi connectivity index (χ1v) is 8.15. The largest absolute Gasteiger partial charge is 0.314 e. The second kappa shape index (κ2) is 5.28. The number of piperazine rings is 1. The van der Waals surface area contributed by atoms with Crippen LogP contribution in [-0.4, -0.2) is 38.4 Å². The van der Waals surface area contributed by atoms with E-state index in [4.69, 9.17) is 0 Å². The van der Waals surface area contributed by atoms with Gasteiger partial charge in [-0.25, -0.2) is 8.42 Å². The van der Waals surface area contributed by atoms with Crippen LogP contribution in [0.1, 0.15) is 12.5 Å². The Kier molecular flexibility index (Phi) is 4.11. The molecule has 100 valence electrons. The fourth-order valence-electron chi connectivity index (χ4n) is 2.12. The van der Waals surface area contributed by atoms with Crippen molar-refractivity contribution in [2.45, 2.75) is 24.8 Å². The Labute approximate surface area is 117 Å². The van der Waals surface area contributed by atoms with Crippen molar-refractivity contribution in [3.8, 4) is 0 Å². The lowest BCUT2D eigenvalue weighted by Gasteiger charge is -2.33. The van der Waals surface area contributed by atoms with Crippen LogP contribution < -0.4 is 5.32 Å². The van der Waals surface area contributed by atoms with E-state index in [1.165, 1.54) is 0 Å². The number of nitrogens with zero attached hydrogens (tertiary/aromatic N) is 1. The third-order valence-corrected chi connectivity index (χ3v) is 6.10. The van der Waals surface area contributed by atoms with Crippen LogP contribution in [0.3, 0.4) is 0 Å². The number of benzene rings is 1. The molecule has 1 fully saturated rings. The van der Waals surface area contributed by atoms with E-state index in [-0.39, 0.29) is 6.04 Å². The Balaban J connectivity index is 2.41. The SMILES string of the molecule is Cc1ccc(S(=O)(=O)N2CCNC[C@@H]2C)c(Br)c1. The lowest BCUT2D eigenvalue weighted by atomic mass is 10.2. The average Bonchev–Trinajstić information content (AvgIpc) is 2.28. The highest BCUT2D eigenvalue weighted by Gasteiger charge is 2.32. The van der Waals surface area contributed by atoms with Crippen LogP contribution in [0.2, 0.25) is 0 Å². The Morgan fingerprint density at radius 1 is 1.44 bits per heavy atom. The number of aryl methyl sites for hydroxylation is 1. The van der Waals surface area contributed by atoms with Crippen molar-refractivity contribution in [2.24, 2.45) is 0 Å². The minimum atomic E-state index is -3.41. The summed E-state index contributed by atoms with van der Waals surface area (Å²) >= 11 is 3.35. The molecule has 0 amide bonds. The van der Waals surface area contributed by atoms with Gasteiger partial charge in [-0.15, -0.1) is 0 Å². The van der Waals surface area contributed by atoms with Crippen LogP contribution >= 0.6 is 15.9 Å². The van der Waals surface area contributed by atoms with E-state index < -0.39 is 10.0 Å². The summed E-state index contributed by atoms with van der Waals surface area (Å²) in [5, 5.41) is 3.19. The van der Waals surface area contributed by atoms with E-state index in [1.807, 2.05) is 26.0 Å². The third kappa shape index (κ3) is 2.61. The summed E-state index contributed by atoms with van der Waals surface area (Å²) < 4.78 is 27.4. The highest BCUT2D eigenvalue weighted by Crippen LogP contribution is 2.27. The van der Waals surface area contributed by atoms with Crippen LogP contribution in [-0.2, 0) is 10.0 Å². The predicted octanol–water partition coefficient (Wildman–Crippen LogP) is 1.74. The Morgan fingerprint density at radius 2 is 2.17 bits per heavy atom. The molecule has 0 radical (unpaired) electrons. The van der Waals surface area contributed by atoms with Crippen molar-refractivity contribution < 1.29 is 8.42 Å². The lowest BCUT2D eigenvalue weighted by Crippen LogP contribution is -2.52. The molecular formula is C12H17BrN2O2S. The predicted molar refractivity (Wildman–Crippen MR) is 75.1 cm³/mol. The molecule has 2 rings (SSSR count). The Morgan fingerprint density at radius 3 is 2.78 bits per heavy atom. The molecule has 0 unspecified atom stereocenters. The summed E-state index contributed by atoms with van der Waals surface area (Å²) in [5.74, 6) is 0. The summed E-state index contributed by atoms with van der Waals surface area (Å²) in [6.45, 7) is 5.78. The zero-order valence-electron chi connectivity index (χ0n) is 10.5. The summed E-state index contributed by atoms with van der Waals surface area (Å²) in [6, 6.07) is 5.31. The maximum Gasteiger partial charge on any atom is 0.244 e. The quantitative estimate of drug-likeness (QED) is 0.897. The normalized spacial score (nSPS) is 22.1. The number of nitrogens with one attached hydrogen (secondary N) is 1. The van der Waals surface area contributed by atoms with Crippen molar-refractivity contribution in [1.29, 1.82) is 0 Å². The van der Waals surface area contributed by atoms with Gasteiger partial charge in [-0.1, -0.05) is 6.07 Å². The number of halogens is 1. The molecule has 0 aliphatic carbocycles. The van der Waals surface area contributed by atoms with Gasteiger partial charge in [0.1, 0.15) is 0 Å². The third-order valence-electron chi connectivity index (χ3n) is 3.11. The van der Waals surface area contributed by atoms with Crippen molar-refractivity contribution in [1.82, 2.24) is 9.62 Å². The van der Waals surface area contributed by atoms with Gasteiger partial charge in [0, 0.05) is 30.1 Å². The summed E-state index contributed by atoms with van der Waals surface area (Å²) in [7, 11) is -3.41. The van der Waals surface area contributed by atoms with Crippen LogP contribution in [0.4, 0.5) is 0 Å². The number of rotatable bonds is 2. The summed E-state index contributed by atoms with van der Waals surface area (Å²) in [4.78, 5) is 0.349. The molecule has 1 aromatic rings. The van der Waals surface area contributed by atoms with Gasteiger partial charge < -0.3 is 5.32 Å². The first kappa shape index (κ1) is 14.0. The summed E-state index contributed by atoms with van der Waals surface area (Å²) in [5.41, 5.74) is 1.04. The van der Waals surface area contributed by atoms with Crippen LogP contribution in [0.15, 0.2) is 27.6 Å². The zero-order chi connectivity index (χ0) is 13.3. The molecule has 1 atom stereocenters. The van der Waals surface area contributed by atoms with Gasteiger partial charge in [0.25, 0.3) is 0 Å². The van der Waals surface area contributed by atoms with Gasteiger partial charge in [-0.05, 0) is 47.5 Å². The number of hydrogen-bond acceptors (Lipinski definition) is 3. The minimum Gasteiger partial charge on any atom is -0.314 e. The van der Waals surface area contributed by atoms with Crippen molar-refractivity contribution in [3.63, 3.8) is 0 Å². The first-order chi connectivity index (χ1) is 8.43. The monoisotopic (exact) mass is 332 g/mol. The second-order valence-electron chi connectivity index (χ2n) is 4.60. The highest BCUT2D eigenvalue weighted by molar-refractivity contribution is 9.10. The van der Waals surface area contributed by atoms with E-state index in [0.717, 1.165) is 5.56 Å². The molecule has 1 aliphatic heterocycles. The molecule has 0 spiro atoms. The molecule has 1 N–H and O–H groups in total.